The number of carbonyl (C=O) groups is 2. The maximum atomic E-state index is 13.1. The fourth-order valence-electron chi connectivity index (χ4n) is 2.93. The first-order chi connectivity index (χ1) is 15.1. The molecule has 0 aliphatic carbocycles. The number of rotatable bonds is 5. The van der Waals surface area contributed by atoms with Crippen LogP contribution in [0.5, 0.6) is 0 Å². The number of anilines is 2. The Hall–Kier alpha value is -3.94. The lowest BCUT2D eigenvalue weighted by atomic mass is 10.1. The van der Waals surface area contributed by atoms with Crippen molar-refractivity contribution in [2.45, 2.75) is 20.0 Å². The molecular formula is C24H20F3N3O2. The summed E-state index contributed by atoms with van der Waals surface area (Å²) in [6.45, 7) is 3.11. The summed E-state index contributed by atoms with van der Waals surface area (Å²) in [6, 6.07) is 11.8. The predicted molar refractivity (Wildman–Crippen MR) is 117 cm³/mol. The Morgan fingerprint density at radius 2 is 1.72 bits per heavy atom. The number of aryl methyl sites for hydroxylation is 2. The van der Waals surface area contributed by atoms with Gasteiger partial charge in [0.2, 0.25) is 5.91 Å². The number of hydrogen-bond acceptors (Lipinski definition) is 3. The molecule has 8 heteroatoms. The number of amides is 2. The maximum absolute atomic E-state index is 13.1. The number of carbonyl (C=O) groups excluding carboxylic acids is 2. The Bertz CT molecular complexity index is 1170. The van der Waals surface area contributed by atoms with Crippen molar-refractivity contribution in [2.75, 3.05) is 10.6 Å². The summed E-state index contributed by atoms with van der Waals surface area (Å²) >= 11 is 0. The highest BCUT2D eigenvalue weighted by atomic mass is 19.4. The van der Waals surface area contributed by atoms with E-state index in [0.29, 0.717) is 5.69 Å². The van der Waals surface area contributed by atoms with Crippen LogP contribution in [0.2, 0.25) is 0 Å². The number of benzene rings is 2. The molecule has 0 radical (unpaired) electrons. The number of aromatic nitrogens is 1. The second kappa shape index (κ2) is 9.47. The van der Waals surface area contributed by atoms with Crippen LogP contribution in [-0.4, -0.2) is 16.8 Å². The highest BCUT2D eigenvalue weighted by molar-refractivity contribution is 6.07. The smallest absolute Gasteiger partial charge is 0.322 e. The van der Waals surface area contributed by atoms with Crippen molar-refractivity contribution >= 4 is 29.3 Å². The minimum atomic E-state index is -4.52. The molecule has 0 saturated heterocycles. The molecule has 5 nitrogen and oxygen atoms in total. The summed E-state index contributed by atoms with van der Waals surface area (Å²) < 4.78 is 39.4. The summed E-state index contributed by atoms with van der Waals surface area (Å²) in [7, 11) is 0. The van der Waals surface area contributed by atoms with E-state index in [4.69, 9.17) is 0 Å². The third kappa shape index (κ3) is 5.81. The molecule has 1 aromatic heterocycles. The molecule has 3 aromatic rings. The van der Waals surface area contributed by atoms with E-state index in [1.165, 1.54) is 37.3 Å². The molecule has 0 aliphatic rings. The van der Waals surface area contributed by atoms with E-state index >= 15 is 0 Å². The molecule has 0 bridgehead atoms. The number of hydrogen-bond donors (Lipinski definition) is 2. The van der Waals surface area contributed by atoms with Gasteiger partial charge in [-0.2, -0.15) is 13.2 Å². The standard InChI is InChI=1S/C24H20F3N3O2/c1-15-6-9-19(13-20(15)24(25,26)27)29-23(32)18-8-5-16(2)21(12-18)30-22(31)10-7-17-4-3-11-28-14-17/h3-14H,1-2H3,(H,29,32)(H,30,31). The van der Waals surface area contributed by atoms with Gasteiger partial charge in [-0.05, 0) is 66.9 Å². The minimum absolute atomic E-state index is 0.0264. The third-order valence-corrected chi connectivity index (χ3v) is 4.67. The lowest BCUT2D eigenvalue weighted by Crippen LogP contribution is -2.15. The molecule has 32 heavy (non-hydrogen) atoms. The molecular weight excluding hydrogens is 419 g/mol. The lowest BCUT2D eigenvalue weighted by molar-refractivity contribution is -0.138. The van der Waals surface area contributed by atoms with E-state index in [2.05, 4.69) is 15.6 Å². The van der Waals surface area contributed by atoms with E-state index in [-0.39, 0.29) is 16.8 Å². The van der Waals surface area contributed by atoms with Gasteiger partial charge in [-0.15, -0.1) is 0 Å². The highest BCUT2D eigenvalue weighted by Gasteiger charge is 2.32. The molecule has 0 atom stereocenters. The number of pyridine rings is 1. The molecule has 0 spiro atoms. The van der Waals surface area contributed by atoms with Crippen LogP contribution < -0.4 is 10.6 Å². The van der Waals surface area contributed by atoms with Crippen molar-refractivity contribution < 1.29 is 22.8 Å². The van der Waals surface area contributed by atoms with Gasteiger partial charge in [0.25, 0.3) is 5.91 Å². The Morgan fingerprint density at radius 1 is 0.969 bits per heavy atom. The number of halogens is 3. The van der Waals surface area contributed by atoms with E-state index in [1.54, 1.807) is 43.6 Å². The van der Waals surface area contributed by atoms with Crippen LogP contribution in [0.4, 0.5) is 24.5 Å². The second-order valence-electron chi connectivity index (χ2n) is 7.12. The monoisotopic (exact) mass is 439 g/mol. The van der Waals surface area contributed by atoms with Gasteiger partial charge >= 0.3 is 6.18 Å². The van der Waals surface area contributed by atoms with Gasteiger partial charge in [0, 0.05) is 35.4 Å². The molecule has 2 aromatic carbocycles. The summed E-state index contributed by atoms with van der Waals surface area (Å²) in [5.41, 5.74) is 1.36. The first kappa shape index (κ1) is 22.7. The quantitative estimate of drug-likeness (QED) is 0.507. The molecule has 2 N–H and O–H groups in total. The topological polar surface area (TPSA) is 71.1 Å². The van der Waals surface area contributed by atoms with Crippen LogP contribution in [0.25, 0.3) is 6.08 Å². The van der Waals surface area contributed by atoms with Gasteiger partial charge in [0.15, 0.2) is 0 Å². The van der Waals surface area contributed by atoms with Crippen LogP contribution in [-0.2, 0) is 11.0 Å². The number of nitrogens with zero attached hydrogens (tertiary/aromatic N) is 1. The van der Waals surface area contributed by atoms with Gasteiger partial charge in [-0.25, -0.2) is 0 Å². The van der Waals surface area contributed by atoms with Crippen LogP contribution in [0.3, 0.4) is 0 Å². The Labute approximate surface area is 183 Å². The van der Waals surface area contributed by atoms with Gasteiger partial charge < -0.3 is 10.6 Å². The van der Waals surface area contributed by atoms with E-state index in [9.17, 15) is 22.8 Å². The fourth-order valence-corrected chi connectivity index (χ4v) is 2.93. The second-order valence-corrected chi connectivity index (χ2v) is 7.12. The Kier molecular flexibility index (Phi) is 6.73. The maximum Gasteiger partial charge on any atom is 0.416 e. The molecule has 0 unspecified atom stereocenters. The summed E-state index contributed by atoms with van der Waals surface area (Å²) in [6.07, 6.45) is 1.65. The van der Waals surface area contributed by atoms with E-state index in [1.807, 2.05) is 0 Å². The van der Waals surface area contributed by atoms with Crippen molar-refractivity contribution in [3.05, 3.63) is 94.8 Å². The molecule has 3 rings (SSSR count). The van der Waals surface area contributed by atoms with Gasteiger partial charge in [-0.3, -0.25) is 14.6 Å². The van der Waals surface area contributed by atoms with Gasteiger partial charge in [0.05, 0.1) is 5.56 Å². The molecule has 1 heterocycles. The zero-order valence-corrected chi connectivity index (χ0v) is 17.3. The Morgan fingerprint density at radius 3 is 2.41 bits per heavy atom. The lowest BCUT2D eigenvalue weighted by Gasteiger charge is -2.13. The van der Waals surface area contributed by atoms with E-state index < -0.39 is 23.6 Å². The minimum Gasteiger partial charge on any atom is -0.322 e. The van der Waals surface area contributed by atoms with Crippen molar-refractivity contribution in [3.8, 4) is 0 Å². The van der Waals surface area contributed by atoms with Crippen molar-refractivity contribution in [2.24, 2.45) is 0 Å². The average Bonchev–Trinajstić information content (AvgIpc) is 2.75. The van der Waals surface area contributed by atoms with Gasteiger partial charge in [-0.1, -0.05) is 18.2 Å². The molecule has 0 saturated carbocycles. The highest BCUT2D eigenvalue weighted by Crippen LogP contribution is 2.33. The van der Waals surface area contributed by atoms with Crippen LogP contribution >= 0.6 is 0 Å². The largest absolute Gasteiger partial charge is 0.416 e. The molecule has 0 fully saturated rings. The predicted octanol–water partition coefficient (Wildman–Crippen LogP) is 5.62. The first-order valence-corrected chi connectivity index (χ1v) is 9.62. The third-order valence-electron chi connectivity index (χ3n) is 4.67. The number of alkyl halides is 3. The summed E-state index contributed by atoms with van der Waals surface area (Å²) in [5, 5.41) is 5.17. The van der Waals surface area contributed by atoms with Crippen molar-refractivity contribution in [1.29, 1.82) is 0 Å². The summed E-state index contributed by atoms with van der Waals surface area (Å²) in [4.78, 5) is 28.8. The normalized spacial score (nSPS) is 11.4. The number of nitrogens with one attached hydrogen (secondary N) is 2. The van der Waals surface area contributed by atoms with E-state index in [0.717, 1.165) is 17.2 Å². The van der Waals surface area contributed by atoms with Crippen molar-refractivity contribution in [1.82, 2.24) is 4.98 Å². The first-order valence-electron chi connectivity index (χ1n) is 9.62. The fraction of sp³-hybridized carbons (Fsp3) is 0.125. The molecule has 2 amide bonds. The zero-order valence-electron chi connectivity index (χ0n) is 17.3. The Balaban J connectivity index is 1.74. The van der Waals surface area contributed by atoms with Crippen LogP contribution in [0.15, 0.2) is 67.0 Å². The van der Waals surface area contributed by atoms with Gasteiger partial charge in [0.1, 0.15) is 0 Å². The van der Waals surface area contributed by atoms with Crippen LogP contribution in [0.1, 0.15) is 32.6 Å². The summed E-state index contributed by atoms with van der Waals surface area (Å²) in [5.74, 6) is -0.994. The molecule has 0 aliphatic heterocycles. The molecule has 164 valence electrons. The van der Waals surface area contributed by atoms with Crippen LogP contribution in [0, 0.1) is 13.8 Å². The van der Waals surface area contributed by atoms with Crippen molar-refractivity contribution in [3.63, 3.8) is 0 Å². The zero-order chi connectivity index (χ0) is 23.3. The average molecular weight is 439 g/mol. The SMILES string of the molecule is Cc1ccc(C(=O)Nc2ccc(C)c(C(F)(F)F)c2)cc1NC(=O)C=Cc1cccnc1.